The molecule has 0 aromatic rings. The predicted octanol–water partition coefficient (Wildman–Crippen LogP) is 2.32. The highest BCUT2D eigenvalue weighted by Gasteiger charge is 2.42. The van der Waals surface area contributed by atoms with E-state index in [1.54, 1.807) is 0 Å². The highest BCUT2D eigenvalue weighted by Crippen LogP contribution is 2.51. The van der Waals surface area contributed by atoms with Gasteiger partial charge in [-0.05, 0) is 20.3 Å². The monoisotopic (exact) mass is 170 g/mol. The van der Waals surface area contributed by atoms with Crippen molar-refractivity contribution in [2.24, 2.45) is 11.8 Å². The van der Waals surface area contributed by atoms with Gasteiger partial charge >= 0.3 is 0 Å². The highest BCUT2D eigenvalue weighted by molar-refractivity contribution is 5.55. The van der Waals surface area contributed by atoms with Crippen molar-refractivity contribution in [3.05, 3.63) is 22.3 Å². The van der Waals surface area contributed by atoms with Crippen molar-refractivity contribution >= 4 is 0 Å². The second kappa shape index (κ2) is 2.47. The van der Waals surface area contributed by atoms with Crippen LogP contribution in [0.3, 0.4) is 0 Å². The normalized spacial score (nSPS) is 30.8. The second-order valence-electron chi connectivity index (χ2n) is 3.76. The maximum Gasteiger partial charge on any atom is 0.0964 e. The number of nitrogens with zero attached hydrogens (tertiary/aromatic N) is 2. The number of fused-ring (bicyclic) bond motifs is 2. The van der Waals surface area contributed by atoms with Gasteiger partial charge in [-0.2, -0.15) is 10.5 Å². The summed E-state index contributed by atoms with van der Waals surface area (Å²) in [5, 5.41) is 17.8. The number of rotatable bonds is 0. The Morgan fingerprint density at radius 2 is 1.38 bits per heavy atom. The van der Waals surface area contributed by atoms with E-state index in [-0.39, 0.29) is 11.8 Å². The smallest absolute Gasteiger partial charge is 0.0964 e. The van der Waals surface area contributed by atoms with E-state index in [2.05, 4.69) is 26.0 Å². The fourth-order valence-corrected chi connectivity index (χ4v) is 2.46. The van der Waals surface area contributed by atoms with Crippen LogP contribution in [0.5, 0.6) is 0 Å². The summed E-state index contributed by atoms with van der Waals surface area (Å²) in [6, 6.07) is 4.34. The molecule has 2 aliphatic rings. The average Bonchev–Trinajstić information content (AvgIpc) is 2.63. The molecule has 0 radical (unpaired) electrons. The molecule has 0 heterocycles. The molecule has 2 bridgehead atoms. The number of hydrogen-bond donors (Lipinski definition) is 0. The molecule has 2 heteroatoms. The fourth-order valence-electron chi connectivity index (χ4n) is 2.46. The van der Waals surface area contributed by atoms with Crippen molar-refractivity contribution in [3.8, 4) is 12.1 Å². The average molecular weight is 170 g/mol. The van der Waals surface area contributed by atoms with Crippen LogP contribution in [0.4, 0.5) is 0 Å². The Bertz CT molecular complexity index is 374. The number of nitriles is 2. The molecule has 2 nitrogen and oxygen atoms in total. The van der Waals surface area contributed by atoms with Gasteiger partial charge in [0.05, 0.1) is 23.3 Å². The summed E-state index contributed by atoms with van der Waals surface area (Å²) in [6.07, 6.45) is 0.962. The minimum atomic E-state index is 0.254. The second-order valence-corrected chi connectivity index (χ2v) is 3.76. The Balaban J connectivity index is 2.54. The topological polar surface area (TPSA) is 47.6 Å². The van der Waals surface area contributed by atoms with E-state index in [1.807, 2.05) is 0 Å². The predicted molar refractivity (Wildman–Crippen MR) is 48.2 cm³/mol. The first-order valence-corrected chi connectivity index (χ1v) is 4.42. The number of allylic oxidation sites excluding steroid dienone is 4. The van der Waals surface area contributed by atoms with Crippen LogP contribution in [0.15, 0.2) is 22.3 Å². The molecule has 0 saturated heterocycles. The van der Waals surface area contributed by atoms with Crippen LogP contribution in [0.1, 0.15) is 20.3 Å². The Kier molecular flexibility index (Phi) is 1.54. The van der Waals surface area contributed by atoms with Crippen molar-refractivity contribution in [2.75, 3.05) is 0 Å². The van der Waals surface area contributed by atoms with Gasteiger partial charge in [-0.3, -0.25) is 0 Å². The molecular formula is C11H10N2. The molecule has 0 aromatic carbocycles. The summed E-state index contributed by atoms with van der Waals surface area (Å²) in [5.41, 5.74) is 4.05. The summed E-state index contributed by atoms with van der Waals surface area (Å²) in [6.45, 7) is 4.15. The lowest BCUT2D eigenvalue weighted by molar-refractivity contribution is 0.685. The molecule has 2 atom stereocenters. The van der Waals surface area contributed by atoms with Gasteiger partial charge in [0.15, 0.2) is 0 Å². The van der Waals surface area contributed by atoms with Crippen molar-refractivity contribution in [1.82, 2.24) is 0 Å². The van der Waals surface area contributed by atoms with E-state index in [9.17, 15) is 0 Å². The Morgan fingerprint density at radius 1 is 1.00 bits per heavy atom. The lowest BCUT2D eigenvalue weighted by Crippen LogP contribution is -2.03. The molecule has 64 valence electrons. The molecule has 0 N–H and O–H groups in total. The first-order chi connectivity index (χ1) is 6.20. The first-order valence-electron chi connectivity index (χ1n) is 4.42. The Hall–Kier alpha value is -1.54. The third-order valence-electron chi connectivity index (χ3n) is 3.37. The number of hydrogen-bond acceptors (Lipinski definition) is 2. The van der Waals surface area contributed by atoms with Crippen LogP contribution in [-0.4, -0.2) is 0 Å². The van der Waals surface area contributed by atoms with Gasteiger partial charge in [0.25, 0.3) is 0 Å². The van der Waals surface area contributed by atoms with Gasteiger partial charge in [-0.15, -0.1) is 0 Å². The van der Waals surface area contributed by atoms with Crippen molar-refractivity contribution < 1.29 is 0 Å². The third kappa shape index (κ3) is 0.807. The van der Waals surface area contributed by atoms with Crippen LogP contribution in [0.25, 0.3) is 0 Å². The van der Waals surface area contributed by atoms with Gasteiger partial charge in [0, 0.05) is 11.8 Å². The van der Waals surface area contributed by atoms with Crippen molar-refractivity contribution in [3.63, 3.8) is 0 Å². The quantitative estimate of drug-likeness (QED) is 0.524. The zero-order valence-electron chi connectivity index (χ0n) is 7.76. The molecule has 2 unspecified atom stereocenters. The van der Waals surface area contributed by atoms with Crippen LogP contribution >= 0.6 is 0 Å². The van der Waals surface area contributed by atoms with E-state index >= 15 is 0 Å². The maximum absolute atomic E-state index is 8.91. The third-order valence-corrected chi connectivity index (χ3v) is 3.37. The summed E-state index contributed by atoms with van der Waals surface area (Å²) in [5.74, 6) is 0.509. The van der Waals surface area contributed by atoms with E-state index < -0.39 is 0 Å². The minimum absolute atomic E-state index is 0.254. The minimum Gasteiger partial charge on any atom is -0.193 e. The van der Waals surface area contributed by atoms with Gasteiger partial charge in [0.2, 0.25) is 0 Å². The van der Waals surface area contributed by atoms with E-state index in [1.165, 1.54) is 11.1 Å². The SMILES string of the molecule is CC1=C(C)C2CC1C(C#N)=C2C#N. The molecule has 13 heavy (non-hydrogen) atoms. The lowest BCUT2D eigenvalue weighted by Gasteiger charge is -2.13. The standard InChI is InChI=1S/C11H10N2/c1-6-7(2)9-3-8(6)10(4-12)11(9)5-13/h8-9H,3H2,1-2H3. The summed E-state index contributed by atoms with van der Waals surface area (Å²) in [7, 11) is 0. The molecule has 2 aliphatic carbocycles. The molecule has 0 aliphatic heterocycles. The fraction of sp³-hybridized carbons (Fsp3) is 0.455. The summed E-state index contributed by atoms with van der Waals surface area (Å²) >= 11 is 0. The van der Waals surface area contributed by atoms with E-state index in [0.29, 0.717) is 0 Å². The molecule has 0 aromatic heterocycles. The van der Waals surface area contributed by atoms with Crippen LogP contribution in [0.2, 0.25) is 0 Å². The highest BCUT2D eigenvalue weighted by atomic mass is 14.5. The summed E-state index contributed by atoms with van der Waals surface area (Å²) in [4.78, 5) is 0. The zero-order chi connectivity index (χ0) is 9.59. The van der Waals surface area contributed by atoms with E-state index in [0.717, 1.165) is 17.6 Å². The van der Waals surface area contributed by atoms with Crippen molar-refractivity contribution in [1.29, 1.82) is 10.5 Å². The maximum atomic E-state index is 8.91. The molecular weight excluding hydrogens is 160 g/mol. The molecule has 2 rings (SSSR count). The van der Waals surface area contributed by atoms with Crippen LogP contribution < -0.4 is 0 Å². The first kappa shape index (κ1) is 8.08. The zero-order valence-corrected chi connectivity index (χ0v) is 7.76. The van der Waals surface area contributed by atoms with Crippen molar-refractivity contribution in [2.45, 2.75) is 20.3 Å². The molecule has 0 saturated carbocycles. The van der Waals surface area contributed by atoms with Gasteiger partial charge in [-0.25, -0.2) is 0 Å². The lowest BCUT2D eigenvalue weighted by atomic mass is 9.89. The Labute approximate surface area is 77.8 Å². The molecule has 0 fully saturated rings. The van der Waals surface area contributed by atoms with Gasteiger partial charge in [-0.1, -0.05) is 11.1 Å². The van der Waals surface area contributed by atoms with Crippen LogP contribution in [0, 0.1) is 34.5 Å². The van der Waals surface area contributed by atoms with Gasteiger partial charge in [0.1, 0.15) is 0 Å². The largest absolute Gasteiger partial charge is 0.193 e. The molecule has 0 spiro atoms. The van der Waals surface area contributed by atoms with Crippen LogP contribution in [-0.2, 0) is 0 Å². The summed E-state index contributed by atoms with van der Waals surface area (Å²) < 4.78 is 0. The van der Waals surface area contributed by atoms with Gasteiger partial charge < -0.3 is 0 Å². The molecule has 0 amide bonds. The Morgan fingerprint density at radius 3 is 1.69 bits per heavy atom. The van der Waals surface area contributed by atoms with E-state index in [4.69, 9.17) is 10.5 Å².